The van der Waals surface area contributed by atoms with Gasteiger partial charge in [-0.1, -0.05) is 78.0 Å². The predicted octanol–water partition coefficient (Wildman–Crippen LogP) is 4.51. The van der Waals surface area contributed by atoms with E-state index in [-0.39, 0.29) is 23.7 Å². The quantitative estimate of drug-likeness (QED) is 0.420. The number of carbonyl (C=O) groups is 1. The highest BCUT2D eigenvalue weighted by molar-refractivity contribution is 5.95. The van der Waals surface area contributed by atoms with Crippen molar-refractivity contribution in [1.82, 2.24) is 14.3 Å². The molecule has 152 valence electrons. The second kappa shape index (κ2) is 7.91. The van der Waals surface area contributed by atoms with Gasteiger partial charge in [0.15, 0.2) is 0 Å². The molecule has 2 aromatic heterocycles. The van der Waals surface area contributed by atoms with Crippen LogP contribution < -0.4 is 5.62 Å². The maximum Gasteiger partial charge on any atom is 0.220 e. The Morgan fingerprint density at radius 3 is 2.16 bits per heavy atom. The molecular formula is C25H20N4O2. The van der Waals surface area contributed by atoms with Crippen LogP contribution in [0.15, 0.2) is 95.5 Å². The highest BCUT2D eigenvalue weighted by atomic mass is 16.5. The van der Waals surface area contributed by atoms with Crippen LogP contribution in [-0.2, 0) is 13.1 Å². The predicted molar refractivity (Wildman–Crippen MR) is 118 cm³/mol. The molecule has 0 aliphatic rings. The molecule has 0 spiro atoms. The molecule has 0 fully saturated rings. The molecule has 5 rings (SSSR count). The summed E-state index contributed by atoms with van der Waals surface area (Å²) in [4.78, 5) is 13.0. The molecule has 0 radical (unpaired) electrons. The molecule has 0 unspecified atom stereocenters. The molecule has 1 N–H and O–H groups in total. The third-order valence-electron chi connectivity index (χ3n) is 5.31. The first kappa shape index (κ1) is 18.8. The minimum absolute atomic E-state index is 0.00452. The summed E-state index contributed by atoms with van der Waals surface area (Å²) in [6.45, 7) is 0.562. The van der Waals surface area contributed by atoms with Crippen LogP contribution in [-0.4, -0.2) is 20.1 Å². The molecule has 0 aliphatic heterocycles. The van der Waals surface area contributed by atoms with Crippen LogP contribution in [0.25, 0.3) is 22.3 Å². The molecule has 0 atom stereocenters. The van der Waals surface area contributed by atoms with Crippen LogP contribution >= 0.6 is 0 Å². The van der Waals surface area contributed by atoms with Gasteiger partial charge in [-0.2, -0.15) is 0 Å². The van der Waals surface area contributed by atoms with E-state index in [1.165, 1.54) is 0 Å². The summed E-state index contributed by atoms with van der Waals surface area (Å²) in [5, 5.41) is 12.8. The smallest absolute Gasteiger partial charge is 0.220 e. The molecule has 0 saturated carbocycles. The lowest BCUT2D eigenvalue weighted by molar-refractivity contribution is 0.0935. The van der Waals surface area contributed by atoms with Gasteiger partial charge in [-0.15, -0.1) is 0 Å². The van der Waals surface area contributed by atoms with Gasteiger partial charge < -0.3 is 13.7 Å². The van der Waals surface area contributed by atoms with E-state index >= 15 is 0 Å². The first-order chi connectivity index (χ1) is 15.2. The fourth-order valence-corrected chi connectivity index (χ4v) is 3.75. The van der Waals surface area contributed by atoms with Crippen LogP contribution in [0.1, 0.15) is 16.1 Å². The van der Waals surface area contributed by atoms with E-state index in [1.807, 2.05) is 89.5 Å². The number of aromatic nitrogens is 3. The molecule has 0 bridgehead atoms. The molecule has 0 amide bonds. The Morgan fingerprint density at radius 1 is 0.839 bits per heavy atom. The number of ketones is 1. The Kier molecular flexibility index (Phi) is 4.80. The summed E-state index contributed by atoms with van der Waals surface area (Å²) in [5.41, 5.74) is 4.61. The lowest BCUT2D eigenvalue weighted by atomic mass is 10.1. The molecular weight excluding hydrogens is 388 g/mol. The van der Waals surface area contributed by atoms with Crippen molar-refractivity contribution in [2.75, 3.05) is 0 Å². The molecule has 2 heterocycles. The number of carbonyl (C=O) groups excluding carboxylic acids is 1. The molecule has 0 saturated heterocycles. The van der Waals surface area contributed by atoms with Crippen molar-refractivity contribution >= 4 is 16.8 Å². The highest BCUT2D eigenvalue weighted by Crippen LogP contribution is 2.20. The van der Waals surface area contributed by atoms with Crippen molar-refractivity contribution in [3.8, 4) is 11.3 Å². The summed E-state index contributed by atoms with van der Waals surface area (Å²) in [6, 6.07) is 29.0. The minimum atomic E-state index is -0.226. The number of rotatable bonds is 6. The Bertz CT molecular complexity index is 1410. The first-order valence-corrected chi connectivity index (χ1v) is 10.0. The SMILES string of the molecule is N=c1n(CC(=O)c2cc(-c3ccccc3)no2)c2ccccc2n1Cc1ccccc1. The van der Waals surface area contributed by atoms with Crippen LogP contribution in [0.4, 0.5) is 0 Å². The van der Waals surface area contributed by atoms with Crippen LogP contribution in [0.3, 0.4) is 0 Å². The molecule has 6 heteroatoms. The number of fused-ring (bicyclic) bond motifs is 1. The number of imidazole rings is 1. The number of nitrogens with zero attached hydrogens (tertiary/aromatic N) is 3. The Balaban J connectivity index is 1.48. The third-order valence-corrected chi connectivity index (χ3v) is 5.31. The molecule has 31 heavy (non-hydrogen) atoms. The van der Waals surface area contributed by atoms with Crippen LogP contribution in [0.5, 0.6) is 0 Å². The van der Waals surface area contributed by atoms with Crippen molar-refractivity contribution in [3.63, 3.8) is 0 Å². The molecule has 5 aromatic rings. The lowest BCUT2D eigenvalue weighted by Crippen LogP contribution is -2.27. The molecule has 6 nitrogen and oxygen atoms in total. The van der Waals surface area contributed by atoms with E-state index < -0.39 is 0 Å². The fraction of sp³-hybridized carbons (Fsp3) is 0.0800. The van der Waals surface area contributed by atoms with Gasteiger partial charge in [0.25, 0.3) is 0 Å². The Morgan fingerprint density at radius 2 is 1.45 bits per heavy atom. The Hall–Kier alpha value is -4.19. The standard InChI is InChI=1S/C25H20N4O2/c26-25-28(16-18-9-3-1-4-10-18)21-13-7-8-14-22(21)29(25)17-23(30)24-15-20(27-31-24)19-11-5-2-6-12-19/h1-15,26H,16-17H2. The van der Waals surface area contributed by atoms with Crippen molar-refractivity contribution in [2.45, 2.75) is 13.1 Å². The zero-order valence-corrected chi connectivity index (χ0v) is 16.7. The van der Waals surface area contributed by atoms with Gasteiger partial charge in [0, 0.05) is 11.6 Å². The van der Waals surface area contributed by atoms with E-state index in [1.54, 1.807) is 10.6 Å². The number of Topliss-reactive ketones (excluding diaryl/α,β-unsaturated/α-hetero) is 1. The van der Waals surface area contributed by atoms with E-state index in [4.69, 9.17) is 9.93 Å². The third kappa shape index (κ3) is 3.59. The van der Waals surface area contributed by atoms with Gasteiger partial charge in [-0.25, -0.2) is 0 Å². The number of benzene rings is 3. The number of para-hydroxylation sites is 2. The monoisotopic (exact) mass is 408 g/mol. The zero-order valence-electron chi connectivity index (χ0n) is 16.7. The maximum absolute atomic E-state index is 13.0. The van der Waals surface area contributed by atoms with E-state index in [9.17, 15) is 4.79 Å². The normalized spacial score (nSPS) is 11.1. The maximum atomic E-state index is 13.0. The second-order valence-corrected chi connectivity index (χ2v) is 7.34. The average molecular weight is 408 g/mol. The summed E-state index contributed by atoms with van der Waals surface area (Å²) in [6.07, 6.45) is 0. The van der Waals surface area contributed by atoms with E-state index in [0.717, 1.165) is 22.2 Å². The van der Waals surface area contributed by atoms with Gasteiger partial charge in [0.2, 0.25) is 17.2 Å². The second-order valence-electron chi connectivity index (χ2n) is 7.34. The van der Waals surface area contributed by atoms with Gasteiger partial charge in [-0.3, -0.25) is 10.2 Å². The zero-order chi connectivity index (χ0) is 21.2. The van der Waals surface area contributed by atoms with Gasteiger partial charge in [0.05, 0.1) is 24.1 Å². The summed E-state index contributed by atoms with van der Waals surface area (Å²) >= 11 is 0. The largest absolute Gasteiger partial charge is 0.352 e. The lowest BCUT2D eigenvalue weighted by Gasteiger charge is -2.04. The van der Waals surface area contributed by atoms with Gasteiger partial charge >= 0.3 is 0 Å². The minimum Gasteiger partial charge on any atom is -0.352 e. The van der Waals surface area contributed by atoms with E-state index in [0.29, 0.717) is 12.2 Å². The van der Waals surface area contributed by atoms with Crippen molar-refractivity contribution in [1.29, 1.82) is 5.41 Å². The summed E-state index contributed by atoms with van der Waals surface area (Å²) < 4.78 is 8.95. The van der Waals surface area contributed by atoms with Crippen LogP contribution in [0.2, 0.25) is 0 Å². The van der Waals surface area contributed by atoms with Gasteiger partial charge in [0.1, 0.15) is 5.69 Å². The average Bonchev–Trinajstić information content (AvgIpc) is 3.41. The first-order valence-electron chi connectivity index (χ1n) is 10.0. The van der Waals surface area contributed by atoms with Crippen molar-refractivity contribution in [2.24, 2.45) is 0 Å². The topological polar surface area (TPSA) is 76.8 Å². The van der Waals surface area contributed by atoms with Gasteiger partial charge in [-0.05, 0) is 17.7 Å². The Labute approximate surface area is 178 Å². The van der Waals surface area contributed by atoms with Crippen molar-refractivity contribution < 1.29 is 9.32 Å². The van der Waals surface area contributed by atoms with Crippen LogP contribution in [0, 0.1) is 5.41 Å². The fourth-order valence-electron chi connectivity index (χ4n) is 3.75. The summed E-state index contributed by atoms with van der Waals surface area (Å²) in [5.74, 6) is -0.0403. The number of hydrogen-bond acceptors (Lipinski definition) is 4. The number of hydrogen-bond donors (Lipinski definition) is 1. The molecule has 3 aromatic carbocycles. The van der Waals surface area contributed by atoms with Crippen molar-refractivity contribution in [3.05, 3.63) is 108 Å². The number of nitrogens with one attached hydrogen (secondary N) is 1. The highest BCUT2D eigenvalue weighted by Gasteiger charge is 2.18. The summed E-state index contributed by atoms with van der Waals surface area (Å²) in [7, 11) is 0. The molecule has 0 aliphatic carbocycles. The van der Waals surface area contributed by atoms with E-state index in [2.05, 4.69) is 5.16 Å².